The number of rotatable bonds is 3. The van der Waals surface area contributed by atoms with Crippen LogP contribution in [0.1, 0.15) is 12.5 Å². The number of aromatic nitrogens is 4. The summed E-state index contributed by atoms with van der Waals surface area (Å²) in [6.07, 6.45) is 3.86. The highest BCUT2D eigenvalue weighted by Gasteiger charge is 2.29. The second-order valence-corrected chi connectivity index (χ2v) is 8.28. The van der Waals surface area contributed by atoms with Gasteiger partial charge >= 0.3 is 0 Å². The van der Waals surface area contributed by atoms with Crippen molar-refractivity contribution in [3.05, 3.63) is 65.1 Å². The van der Waals surface area contributed by atoms with Crippen molar-refractivity contribution < 1.29 is 8.42 Å². The highest BCUT2D eigenvalue weighted by atomic mass is 32.2. The molecule has 0 bridgehead atoms. The molecule has 4 rings (SSSR count). The molecule has 0 radical (unpaired) electrons. The van der Waals surface area contributed by atoms with Crippen LogP contribution in [0, 0.1) is 0 Å². The number of hydrogen-bond donors (Lipinski definition) is 0. The van der Waals surface area contributed by atoms with Gasteiger partial charge in [0.05, 0.1) is 23.2 Å². The molecule has 0 aliphatic carbocycles. The quantitative estimate of drug-likeness (QED) is 0.709. The van der Waals surface area contributed by atoms with Gasteiger partial charge in [-0.2, -0.15) is 10.2 Å². The molecule has 0 saturated carbocycles. The van der Waals surface area contributed by atoms with Crippen LogP contribution in [0.2, 0.25) is 0 Å². The molecule has 2 aromatic heterocycles. The number of para-hydroxylation sites is 1. The molecule has 0 amide bonds. The molecule has 1 aromatic carbocycles. The molecule has 25 heavy (non-hydrogen) atoms. The van der Waals surface area contributed by atoms with Crippen molar-refractivity contribution in [1.29, 1.82) is 0 Å². The fourth-order valence-electron chi connectivity index (χ4n) is 2.96. The zero-order valence-electron chi connectivity index (χ0n) is 13.3. The second-order valence-electron chi connectivity index (χ2n) is 6.05. The molecule has 0 spiro atoms. The van der Waals surface area contributed by atoms with E-state index in [4.69, 9.17) is 0 Å². The maximum Gasteiger partial charge on any atom is 0.209 e. The number of benzene rings is 1. The minimum absolute atomic E-state index is 0.0879. The predicted octanol–water partition coefficient (Wildman–Crippen LogP) is 1.46. The van der Waals surface area contributed by atoms with Crippen molar-refractivity contribution >= 4 is 9.84 Å². The predicted molar refractivity (Wildman–Crippen MR) is 93.4 cm³/mol. The van der Waals surface area contributed by atoms with E-state index in [1.807, 2.05) is 30.3 Å². The molecule has 8 heteroatoms. The number of sulfone groups is 1. The lowest BCUT2D eigenvalue weighted by Gasteiger charge is -2.08. The smallest absolute Gasteiger partial charge is 0.209 e. The third-order valence-corrected chi connectivity index (χ3v) is 6.01. The average molecular weight is 356 g/mol. The molecule has 1 atom stereocenters. The molecule has 7 nitrogen and oxygen atoms in total. The first-order chi connectivity index (χ1) is 12.0. The minimum Gasteiger partial charge on any atom is -0.287 e. The van der Waals surface area contributed by atoms with E-state index in [1.165, 1.54) is 6.07 Å². The summed E-state index contributed by atoms with van der Waals surface area (Å²) in [5.41, 5.74) is 1.30. The molecule has 1 aliphatic rings. The zero-order valence-corrected chi connectivity index (χ0v) is 14.1. The van der Waals surface area contributed by atoms with E-state index in [-0.39, 0.29) is 28.7 Å². The second kappa shape index (κ2) is 5.96. The number of nitrogens with zero attached hydrogens (tertiary/aromatic N) is 4. The summed E-state index contributed by atoms with van der Waals surface area (Å²) in [5.74, 6) is 0.266. The van der Waals surface area contributed by atoms with Gasteiger partial charge in [0.15, 0.2) is 15.5 Å². The molecule has 128 valence electrons. The van der Waals surface area contributed by atoms with Crippen molar-refractivity contribution in [1.82, 2.24) is 19.6 Å². The van der Waals surface area contributed by atoms with Gasteiger partial charge in [-0.25, -0.2) is 13.1 Å². The van der Waals surface area contributed by atoms with Gasteiger partial charge in [-0.05, 0) is 24.6 Å². The van der Waals surface area contributed by atoms with Gasteiger partial charge in [-0.3, -0.25) is 9.48 Å². The average Bonchev–Trinajstić information content (AvgIpc) is 3.22. The van der Waals surface area contributed by atoms with E-state index < -0.39 is 9.84 Å². The van der Waals surface area contributed by atoms with E-state index in [0.29, 0.717) is 12.1 Å². The van der Waals surface area contributed by atoms with Gasteiger partial charge in [-0.15, -0.1) is 0 Å². The largest absolute Gasteiger partial charge is 0.287 e. The van der Waals surface area contributed by atoms with E-state index in [9.17, 15) is 13.2 Å². The molecule has 1 fully saturated rings. The first-order valence-electron chi connectivity index (χ1n) is 7.93. The Bertz CT molecular complexity index is 1070. The van der Waals surface area contributed by atoms with Crippen LogP contribution in [0.25, 0.3) is 17.1 Å². The molecular formula is C17H16N4O3S. The van der Waals surface area contributed by atoms with Crippen molar-refractivity contribution in [2.45, 2.75) is 12.5 Å². The summed E-state index contributed by atoms with van der Waals surface area (Å²) in [6, 6.07) is 12.4. The van der Waals surface area contributed by atoms with Crippen molar-refractivity contribution in [3.8, 4) is 17.1 Å². The summed E-state index contributed by atoms with van der Waals surface area (Å²) in [7, 11) is -2.99. The Labute approximate surface area is 144 Å². The third-order valence-electron chi connectivity index (χ3n) is 4.26. The Balaban J connectivity index is 1.70. The van der Waals surface area contributed by atoms with Crippen LogP contribution >= 0.6 is 0 Å². The molecule has 3 heterocycles. The topological polar surface area (TPSA) is 86.9 Å². The van der Waals surface area contributed by atoms with Gasteiger partial charge in [-0.1, -0.05) is 18.2 Å². The van der Waals surface area contributed by atoms with Crippen molar-refractivity contribution in [3.63, 3.8) is 0 Å². The normalized spacial score (nSPS) is 19.1. The maximum absolute atomic E-state index is 12.2. The molecule has 0 unspecified atom stereocenters. The first kappa shape index (κ1) is 15.8. The van der Waals surface area contributed by atoms with Crippen LogP contribution < -0.4 is 5.43 Å². The van der Waals surface area contributed by atoms with E-state index in [0.717, 1.165) is 5.69 Å². The Morgan fingerprint density at radius 1 is 1.00 bits per heavy atom. The van der Waals surface area contributed by atoms with Gasteiger partial charge in [0, 0.05) is 18.5 Å². The van der Waals surface area contributed by atoms with Crippen molar-refractivity contribution in [2.24, 2.45) is 0 Å². The van der Waals surface area contributed by atoms with Gasteiger partial charge < -0.3 is 0 Å². The third kappa shape index (κ3) is 3.12. The van der Waals surface area contributed by atoms with Crippen LogP contribution in [-0.4, -0.2) is 39.5 Å². The van der Waals surface area contributed by atoms with Crippen LogP contribution in [0.3, 0.4) is 0 Å². The highest BCUT2D eigenvalue weighted by molar-refractivity contribution is 7.91. The highest BCUT2D eigenvalue weighted by Crippen LogP contribution is 2.24. The molecule has 1 saturated heterocycles. The summed E-state index contributed by atoms with van der Waals surface area (Å²) < 4.78 is 26.5. The van der Waals surface area contributed by atoms with Crippen LogP contribution in [0.4, 0.5) is 0 Å². The van der Waals surface area contributed by atoms with E-state index in [1.54, 1.807) is 27.8 Å². The molecule has 0 N–H and O–H groups in total. The number of hydrogen-bond acceptors (Lipinski definition) is 5. The van der Waals surface area contributed by atoms with Crippen molar-refractivity contribution in [2.75, 3.05) is 11.5 Å². The Morgan fingerprint density at radius 2 is 1.80 bits per heavy atom. The van der Waals surface area contributed by atoms with Gasteiger partial charge in [0.25, 0.3) is 0 Å². The lowest BCUT2D eigenvalue weighted by atomic mass is 10.3. The lowest BCUT2D eigenvalue weighted by molar-refractivity contribution is 0.500. The fraction of sp³-hybridized carbons (Fsp3) is 0.235. The SMILES string of the molecule is O=c1ccn(-c2ccccc2)nc1-c1ccn([C@@H]2CCS(=O)(=O)C2)n1. The Morgan fingerprint density at radius 3 is 2.52 bits per heavy atom. The first-order valence-corrected chi connectivity index (χ1v) is 9.75. The van der Waals surface area contributed by atoms with Crippen LogP contribution in [0.15, 0.2) is 59.7 Å². The Hall–Kier alpha value is -2.74. The summed E-state index contributed by atoms with van der Waals surface area (Å²) in [6.45, 7) is 0. The molecule has 3 aromatic rings. The summed E-state index contributed by atoms with van der Waals surface area (Å²) in [5, 5.41) is 8.79. The summed E-state index contributed by atoms with van der Waals surface area (Å²) >= 11 is 0. The minimum atomic E-state index is -2.99. The molecular weight excluding hydrogens is 340 g/mol. The van der Waals surface area contributed by atoms with Crippen LogP contribution in [-0.2, 0) is 9.84 Å². The van der Waals surface area contributed by atoms with Crippen LogP contribution in [0.5, 0.6) is 0 Å². The Kier molecular flexibility index (Phi) is 3.76. The van der Waals surface area contributed by atoms with E-state index >= 15 is 0 Å². The zero-order chi connectivity index (χ0) is 17.4. The molecule has 1 aliphatic heterocycles. The maximum atomic E-state index is 12.2. The monoisotopic (exact) mass is 356 g/mol. The summed E-state index contributed by atoms with van der Waals surface area (Å²) in [4.78, 5) is 12.2. The van der Waals surface area contributed by atoms with E-state index in [2.05, 4.69) is 10.2 Å². The standard InChI is InChI=1S/C17H16N4O3S/c22-16-7-10-20(13-4-2-1-3-5-13)19-17(16)15-6-9-21(18-15)14-8-11-25(23,24)12-14/h1-7,9-10,14H,8,11-12H2/t14-/m1/s1. The van der Waals surface area contributed by atoms with Gasteiger partial charge in [0.1, 0.15) is 5.69 Å². The van der Waals surface area contributed by atoms with Gasteiger partial charge in [0.2, 0.25) is 5.43 Å². The fourth-order valence-corrected chi connectivity index (χ4v) is 4.66. The lowest BCUT2D eigenvalue weighted by Crippen LogP contribution is -2.14.